The highest BCUT2D eigenvalue weighted by Gasteiger charge is 2.38. The Morgan fingerprint density at radius 1 is 1.00 bits per heavy atom. The first-order chi connectivity index (χ1) is 11.6. The molecule has 1 fully saturated rings. The van der Waals surface area contributed by atoms with E-state index in [0.29, 0.717) is 39.0 Å². The van der Waals surface area contributed by atoms with E-state index in [0.717, 1.165) is 12.1 Å². The molecule has 0 spiro atoms. The van der Waals surface area contributed by atoms with Crippen LogP contribution in [0.5, 0.6) is 0 Å². The molecule has 0 bridgehead atoms. The van der Waals surface area contributed by atoms with Crippen molar-refractivity contribution in [2.24, 2.45) is 0 Å². The van der Waals surface area contributed by atoms with Crippen LogP contribution in [0.25, 0.3) is 0 Å². The second-order valence-corrected chi connectivity index (χ2v) is 6.01. The second kappa shape index (κ2) is 7.78. The van der Waals surface area contributed by atoms with Crippen molar-refractivity contribution < 1.29 is 26.3 Å². The number of hydrogen-bond donors (Lipinski definition) is 1. The molecule has 1 aromatic carbocycles. The molecule has 1 atom stereocenters. The van der Waals surface area contributed by atoms with Crippen LogP contribution in [0, 0.1) is 0 Å². The van der Waals surface area contributed by atoms with Gasteiger partial charge in [-0.3, -0.25) is 4.90 Å². The van der Waals surface area contributed by atoms with Gasteiger partial charge < -0.3 is 5.32 Å². The first-order valence-corrected chi connectivity index (χ1v) is 7.98. The fourth-order valence-electron chi connectivity index (χ4n) is 3.00. The van der Waals surface area contributed by atoms with E-state index < -0.39 is 29.5 Å². The van der Waals surface area contributed by atoms with Gasteiger partial charge in [0.2, 0.25) is 0 Å². The standard InChI is InChI=1S/C17H20F6N2/c1-2-3-4-15(25-7-5-24-6-8-25)12-9-13(16(18,19)20)11-14(10-12)17(21,22)23/h2,9-11,15,24H,1,3-8H2/t15-/m1/s1. The maximum Gasteiger partial charge on any atom is 0.416 e. The number of piperazine rings is 1. The van der Waals surface area contributed by atoms with E-state index in [1.165, 1.54) is 0 Å². The lowest BCUT2D eigenvalue weighted by atomic mass is 9.95. The minimum absolute atomic E-state index is 0.0471. The zero-order chi connectivity index (χ0) is 18.7. The van der Waals surface area contributed by atoms with Crippen LogP contribution in [0.4, 0.5) is 26.3 Å². The lowest BCUT2D eigenvalue weighted by Crippen LogP contribution is -2.45. The normalized spacial score (nSPS) is 18.2. The van der Waals surface area contributed by atoms with Gasteiger partial charge in [-0.1, -0.05) is 6.08 Å². The van der Waals surface area contributed by atoms with Gasteiger partial charge in [-0.2, -0.15) is 26.3 Å². The van der Waals surface area contributed by atoms with Gasteiger partial charge in [0, 0.05) is 32.2 Å². The van der Waals surface area contributed by atoms with Crippen molar-refractivity contribution in [3.63, 3.8) is 0 Å². The quantitative estimate of drug-likeness (QED) is 0.603. The van der Waals surface area contributed by atoms with Crippen LogP contribution in [0.3, 0.4) is 0 Å². The first-order valence-electron chi connectivity index (χ1n) is 7.98. The van der Waals surface area contributed by atoms with Gasteiger partial charge in [0.15, 0.2) is 0 Å². The summed E-state index contributed by atoms with van der Waals surface area (Å²) in [5.41, 5.74) is -2.49. The van der Waals surface area contributed by atoms with E-state index in [2.05, 4.69) is 11.9 Å². The molecule has 1 N–H and O–H groups in total. The van der Waals surface area contributed by atoms with Crippen molar-refractivity contribution >= 4 is 0 Å². The summed E-state index contributed by atoms with van der Waals surface area (Å²) < 4.78 is 78.5. The molecule has 0 amide bonds. The summed E-state index contributed by atoms with van der Waals surface area (Å²) in [6.45, 7) is 6.03. The fourth-order valence-corrected chi connectivity index (χ4v) is 3.00. The third-order valence-electron chi connectivity index (χ3n) is 4.23. The van der Waals surface area contributed by atoms with E-state index in [1.807, 2.05) is 4.90 Å². The molecule has 2 rings (SSSR count). The van der Waals surface area contributed by atoms with Crippen LogP contribution in [0.2, 0.25) is 0 Å². The minimum Gasteiger partial charge on any atom is -0.314 e. The average molecular weight is 366 g/mol. The Balaban J connectivity index is 2.48. The Labute approximate surface area is 142 Å². The van der Waals surface area contributed by atoms with E-state index in [9.17, 15) is 26.3 Å². The van der Waals surface area contributed by atoms with Gasteiger partial charge in [0.25, 0.3) is 0 Å². The Morgan fingerprint density at radius 2 is 1.52 bits per heavy atom. The zero-order valence-electron chi connectivity index (χ0n) is 13.6. The van der Waals surface area contributed by atoms with Gasteiger partial charge in [-0.25, -0.2) is 0 Å². The van der Waals surface area contributed by atoms with Crippen LogP contribution in [0.1, 0.15) is 35.6 Å². The third kappa shape index (κ3) is 5.22. The number of nitrogens with zero attached hydrogens (tertiary/aromatic N) is 1. The maximum absolute atomic E-state index is 13.1. The molecule has 0 unspecified atom stereocenters. The topological polar surface area (TPSA) is 15.3 Å². The van der Waals surface area contributed by atoms with E-state index in [4.69, 9.17) is 0 Å². The van der Waals surface area contributed by atoms with Crippen molar-refractivity contribution in [2.75, 3.05) is 26.2 Å². The zero-order valence-corrected chi connectivity index (χ0v) is 13.6. The summed E-state index contributed by atoms with van der Waals surface area (Å²) in [6.07, 6.45) is -7.12. The van der Waals surface area contributed by atoms with Crippen molar-refractivity contribution in [3.05, 3.63) is 47.5 Å². The molecule has 1 aromatic rings. The second-order valence-electron chi connectivity index (χ2n) is 6.01. The number of rotatable bonds is 5. The smallest absolute Gasteiger partial charge is 0.314 e. The molecule has 1 heterocycles. The summed E-state index contributed by atoms with van der Waals surface area (Å²) in [5, 5.41) is 3.13. The van der Waals surface area contributed by atoms with E-state index >= 15 is 0 Å². The molecule has 1 aliphatic heterocycles. The van der Waals surface area contributed by atoms with Crippen LogP contribution < -0.4 is 5.32 Å². The third-order valence-corrected chi connectivity index (χ3v) is 4.23. The molecule has 1 aliphatic rings. The molecule has 25 heavy (non-hydrogen) atoms. The number of nitrogens with one attached hydrogen (secondary N) is 1. The predicted molar refractivity (Wildman–Crippen MR) is 83.1 cm³/mol. The summed E-state index contributed by atoms with van der Waals surface area (Å²) in [4.78, 5) is 1.93. The summed E-state index contributed by atoms with van der Waals surface area (Å²) in [5.74, 6) is 0. The highest BCUT2D eigenvalue weighted by atomic mass is 19.4. The van der Waals surface area contributed by atoms with E-state index in [1.54, 1.807) is 6.08 Å². The van der Waals surface area contributed by atoms with E-state index in [-0.39, 0.29) is 11.6 Å². The highest BCUT2D eigenvalue weighted by Crippen LogP contribution is 2.39. The Morgan fingerprint density at radius 3 is 1.96 bits per heavy atom. The maximum atomic E-state index is 13.1. The molecular weight excluding hydrogens is 346 g/mol. The van der Waals surface area contributed by atoms with Crippen LogP contribution >= 0.6 is 0 Å². The molecule has 0 saturated carbocycles. The molecule has 8 heteroatoms. The Hall–Kier alpha value is -1.54. The largest absolute Gasteiger partial charge is 0.416 e. The number of benzene rings is 1. The fraction of sp³-hybridized carbons (Fsp3) is 0.529. The van der Waals surface area contributed by atoms with Gasteiger partial charge in [-0.05, 0) is 36.6 Å². The van der Waals surface area contributed by atoms with Gasteiger partial charge >= 0.3 is 12.4 Å². The lowest BCUT2D eigenvalue weighted by Gasteiger charge is -2.35. The van der Waals surface area contributed by atoms with Crippen molar-refractivity contribution in [1.82, 2.24) is 10.2 Å². The Kier molecular flexibility index (Phi) is 6.16. The van der Waals surface area contributed by atoms with Gasteiger partial charge in [0.1, 0.15) is 0 Å². The van der Waals surface area contributed by atoms with Gasteiger partial charge in [0.05, 0.1) is 11.1 Å². The number of alkyl halides is 6. The van der Waals surface area contributed by atoms with Crippen LogP contribution in [-0.2, 0) is 12.4 Å². The summed E-state index contributed by atoms with van der Waals surface area (Å²) in [7, 11) is 0. The van der Waals surface area contributed by atoms with Gasteiger partial charge in [-0.15, -0.1) is 6.58 Å². The predicted octanol–water partition coefficient (Wildman–Crippen LogP) is 4.64. The lowest BCUT2D eigenvalue weighted by molar-refractivity contribution is -0.143. The summed E-state index contributed by atoms with van der Waals surface area (Å²) >= 11 is 0. The van der Waals surface area contributed by atoms with Crippen molar-refractivity contribution in [3.8, 4) is 0 Å². The minimum atomic E-state index is -4.83. The molecule has 0 aliphatic carbocycles. The summed E-state index contributed by atoms with van der Waals surface area (Å²) in [6, 6.07) is 1.34. The SMILES string of the molecule is C=CCC[C@H](c1cc(C(F)(F)F)cc(C(F)(F)F)c1)N1CCNCC1. The van der Waals surface area contributed by atoms with Crippen molar-refractivity contribution in [2.45, 2.75) is 31.2 Å². The number of hydrogen-bond acceptors (Lipinski definition) is 2. The molecule has 140 valence electrons. The van der Waals surface area contributed by atoms with Crippen molar-refractivity contribution in [1.29, 1.82) is 0 Å². The highest BCUT2D eigenvalue weighted by molar-refractivity contribution is 5.35. The molecule has 1 saturated heterocycles. The van der Waals surface area contributed by atoms with Crippen LogP contribution in [-0.4, -0.2) is 31.1 Å². The average Bonchev–Trinajstić information content (AvgIpc) is 2.54. The Bertz CT molecular complexity index is 556. The molecule has 0 aromatic heterocycles. The van der Waals surface area contributed by atoms with Crippen LogP contribution in [0.15, 0.2) is 30.9 Å². The monoisotopic (exact) mass is 366 g/mol. The molecule has 0 radical (unpaired) electrons. The number of allylic oxidation sites excluding steroid dienone is 1. The molecular formula is C17H20F6N2. The molecule has 2 nitrogen and oxygen atoms in total. The first kappa shape index (κ1) is 19.8. The number of halogens is 6.